The van der Waals surface area contributed by atoms with Crippen LogP contribution in [0.2, 0.25) is 0 Å². The van der Waals surface area contributed by atoms with Crippen molar-refractivity contribution in [2.24, 2.45) is 0 Å². The number of hydrogen-bond acceptors (Lipinski definition) is 2. The Morgan fingerprint density at radius 3 is 1.26 bits per heavy atom. The Kier molecular flexibility index (Phi) is 6.70. The zero-order chi connectivity index (χ0) is 17.7. The molecule has 0 bridgehead atoms. The SMILES string of the molecule is Cc1c(S(=O)(=O)c2cc(Br)c(Br)c(Br)c2C)cc(Br)c(Br)c1Br. The summed E-state index contributed by atoms with van der Waals surface area (Å²) in [6, 6.07) is 3.23. The van der Waals surface area contributed by atoms with Gasteiger partial charge in [0, 0.05) is 26.8 Å². The smallest absolute Gasteiger partial charge is 0.207 e. The first-order valence-corrected chi connectivity index (χ1v) is 12.3. The Balaban J connectivity index is 2.85. The molecular formula is C14H8Br6O2S. The highest BCUT2D eigenvalue weighted by molar-refractivity contribution is 9.15. The second kappa shape index (κ2) is 7.48. The molecule has 0 fully saturated rings. The van der Waals surface area contributed by atoms with Crippen molar-refractivity contribution in [3.63, 3.8) is 0 Å². The van der Waals surface area contributed by atoms with Crippen molar-refractivity contribution in [2.75, 3.05) is 0 Å². The molecule has 0 saturated heterocycles. The van der Waals surface area contributed by atoms with E-state index in [9.17, 15) is 8.42 Å². The summed E-state index contributed by atoms with van der Waals surface area (Å²) in [5, 5.41) is 0. The number of hydrogen-bond donors (Lipinski definition) is 0. The van der Waals surface area contributed by atoms with E-state index < -0.39 is 9.84 Å². The minimum atomic E-state index is -3.69. The van der Waals surface area contributed by atoms with E-state index in [1.165, 1.54) is 0 Å². The lowest BCUT2D eigenvalue weighted by Crippen LogP contribution is -2.08. The van der Waals surface area contributed by atoms with Gasteiger partial charge in [-0.05, 0) is 133 Å². The monoisotopic (exact) mass is 714 g/mol. The summed E-state index contributed by atoms with van der Waals surface area (Å²) < 4.78 is 30.7. The van der Waals surface area contributed by atoms with E-state index in [1.807, 2.05) is 0 Å². The van der Waals surface area contributed by atoms with Crippen molar-refractivity contribution in [3.8, 4) is 0 Å². The molecule has 23 heavy (non-hydrogen) atoms. The summed E-state index contributed by atoms with van der Waals surface area (Å²) in [4.78, 5) is 0.507. The highest BCUT2D eigenvalue weighted by Crippen LogP contribution is 2.42. The summed E-state index contributed by atoms with van der Waals surface area (Å²) in [5.74, 6) is 0. The number of rotatable bonds is 2. The molecule has 0 aliphatic heterocycles. The molecule has 0 unspecified atom stereocenters. The third kappa shape index (κ3) is 3.71. The quantitative estimate of drug-likeness (QED) is 0.298. The third-order valence-corrected chi connectivity index (χ3v) is 12.3. The highest BCUT2D eigenvalue weighted by atomic mass is 79.9. The van der Waals surface area contributed by atoms with Crippen LogP contribution < -0.4 is 0 Å². The second-order valence-corrected chi connectivity index (χ2v) is 11.5. The lowest BCUT2D eigenvalue weighted by atomic mass is 10.2. The molecule has 0 aromatic heterocycles. The second-order valence-electron chi connectivity index (χ2n) is 4.72. The molecule has 0 N–H and O–H groups in total. The van der Waals surface area contributed by atoms with Gasteiger partial charge in [-0.15, -0.1) is 0 Å². The Bertz CT molecular complexity index is 852. The van der Waals surface area contributed by atoms with Gasteiger partial charge in [0.15, 0.2) is 0 Å². The third-order valence-electron chi connectivity index (χ3n) is 3.30. The van der Waals surface area contributed by atoms with Gasteiger partial charge in [0.25, 0.3) is 0 Å². The van der Waals surface area contributed by atoms with Crippen LogP contribution in [-0.2, 0) is 9.84 Å². The predicted octanol–water partition coefficient (Wildman–Crippen LogP) is 7.71. The molecule has 2 aromatic rings. The van der Waals surface area contributed by atoms with Crippen LogP contribution in [0.4, 0.5) is 0 Å². The maximum Gasteiger partial charge on any atom is 0.207 e. The molecule has 0 heterocycles. The normalized spacial score (nSPS) is 11.8. The summed E-state index contributed by atoms with van der Waals surface area (Å²) >= 11 is 20.5. The average Bonchev–Trinajstić information content (AvgIpc) is 2.49. The summed E-state index contributed by atoms with van der Waals surface area (Å²) in [7, 11) is -3.69. The van der Waals surface area contributed by atoms with Gasteiger partial charge < -0.3 is 0 Å². The Morgan fingerprint density at radius 2 is 0.957 bits per heavy atom. The minimum absolute atomic E-state index is 0.253. The van der Waals surface area contributed by atoms with Crippen LogP contribution in [0.5, 0.6) is 0 Å². The molecular weight excluding hydrogens is 712 g/mol. The van der Waals surface area contributed by atoms with Gasteiger partial charge in [0.1, 0.15) is 0 Å². The molecule has 0 saturated carbocycles. The Labute approximate surface area is 185 Å². The van der Waals surface area contributed by atoms with Crippen molar-refractivity contribution in [1.82, 2.24) is 0 Å². The molecule has 0 atom stereocenters. The molecule has 124 valence electrons. The van der Waals surface area contributed by atoms with Crippen molar-refractivity contribution >= 4 is 105 Å². The van der Waals surface area contributed by atoms with Crippen molar-refractivity contribution < 1.29 is 8.42 Å². The largest absolute Gasteiger partial charge is 0.218 e. The molecule has 9 heteroatoms. The first-order valence-electron chi connectivity index (χ1n) is 6.03. The van der Waals surface area contributed by atoms with Crippen LogP contribution in [0, 0.1) is 13.8 Å². The number of benzene rings is 2. The summed E-state index contributed by atoms with van der Waals surface area (Å²) in [6.07, 6.45) is 0. The van der Waals surface area contributed by atoms with Crippen LogP contribution in [0.15, 0.2) is 48.8 Å². The molecule has 0 spiro atoms. The van der Waals surface area contributed by atoms with Gasteiger partial charge >= 0.3 is 0 Å². The van der Waals surface area contributed by atoms with E-state index in [4.69, 9.17) is 0 Å². The van der Waals surface area contributed by atoms with E-state index in [0.717, 1.165) is 8.95 Å². The van der Waals surface area contributed by atoms with E-state index in [2.05, 4.69) is 95.6 Å². The fraction of sp³-hybridized carbons (Fsp3) is 0.143. The fourth-order valence-corrected chi connectivity index (χ4v) is 7.43. The lowest BCUT2D eigenvalue weighted by Gasteiger charge is -2.15. The van der Waals surface area contributed by atoms with Gasteiger partial charge in [-0.25, -0.2) is 8.42 Å². The molecule has 0 radical (unpaired) electrons. The Morgan fingerprint density at radius 1 is 0.652 bits per heavy atom. The highest BCUT2D eigenvalue weighted by Gasteiger charge is 2.27. The van der Waals surface area contributed by atoms with Gasteiger partial charge in [0.2, 0.25) is 9.84 Å². The Hall–Kier alpha value is 1.27. The van der Waals surface area contributed by atoms with Gasteiger partial charge in [-0.2, -0.15) is 0 Å². The number of sulfone groups is 1. The molecule has 0 amide bonds. The predicted molar refractivity (Wildman–Crippen MR) is 114 cm³/mol. The van der Waals surface area contributed by atoms with Crippen LogP contribution in [0.1, 0.15) is 11.1 Å². The zero-order valence-corrected chi connectivity index (χ0v) is 22.0. The van der Waals surface area contributed by atoms with Crippen LogP contribution in [0.3, 0.4) is 0 Å². The van der Waals surface area contributed by atoms with Gasteiger partial charge in [-0.1, -0.05) is 0 Å². The average molecular weight is 720 g/mol. The van der Waals surface area contributed by atoms with Gasteiger partial charge in [0.05, 0.1) is 9.79 Å². The first-order chi connectivity index (χ1) is 10.5. The van der Waals surface area contributed by atoms with Crippen molar-refractivity contribution in [3.05, 3.63) is 50.1 Å². The van der Waals surface area contributed by atoms with Crippen LogP contribution >= 0.6 is 95.6 Å². The fourth-order valence-electron chi connectivity index (χ4n) is 2.01. The standard InChI is InChI=1S/C14H8Br6O2S/c1-5-9(3-7(15)13(19)11(5)17)23(21,22)10-4-8(16)14(20)12(18)6(10)2/h3-4H,1-2H3. The van der Waals surface area contributed by atoms with E-state index >= 15 is 0 Å². The molecule has 2 nitrogen and oxygen atoms in total. The van der Waals surface area contributed by atoms with Crippen molar-refractivity contribution in [2.45, 2.75) is 23.6 Å². The first kappa shape index (κ1) is 20.6. The van der Waals surface area contributed by atoms with E-state index in [1.54, 1.807) is 26.0 Å². The summed E-state index contributed by atoms with van der Waals surface area (Å²) in [6.45, 7) is 3.54. The van der Waals surface area contributed by atoms with E-state index in [0.29, 0.717) is 29.0 Å². The lowest BCUT2D eigenvalue weighted by molar-refractivity contribution is 0.594. The maximum absolute atomic E-state index is 13.2. The maximum atomic E-state index is 13.2. The number of halogens is 6. The zero-order valence-electron chi connectivity index (χ0n) is 11.6. The molecule has 2 aromatic carbocycles. The minimum Gasteiger partial charge on any atom is -0.218 e. The van der Waals surface area contributed by atoms with Crippen LogP contribution in [0.25, 0.3) is 0 Å². The molecule has 2 rings (SSSR count). The van der Waals surface area contributed by atoms with Crippen LogP contribution in [-0.4, -0.2) is 8.42 Å². The molecule has 0 aliphatic carbocycles. The topological polar surface area (TPSA) is 34.1 Å². The summed E-state index contributed by atoms with van der Waals surface area (Å²) in [5.41, 5.74) is 1.30. The van der Waals surface area contributed by atoms with E-state index in [-0.39, 0.29) is 9.79 Å². The molecule has 0 aliphatic rings. The van der Waals surface area contributed by atoms with Crippen molar-refractivity contribution in [1.29, 1.82) is 0 Å². The van der Waals surface area contributed by atoms with Gasteiger partial charge in [-0.3, -0.25) is 0 Å².